The number of carbonyl (C=O) groups is 1. The second-order valence-electron chi connectivity index (χ2n) is 3.90. The molecule has 0 aliphatic rings. The fraction of sp³-hybridized carbons (Fsp3) is 0.0833. The lowest BCUT2D eigenvalue weighted by molar-refractivity contribution is 0.0734. The van der Waals surface area contributed by atoms with Gasteiger partial charge in [-0.3, -0.25) is 0 Å². The molecule has 0 unspecified atom stereocenters. The standard InChI is InChI=1S/C12H9Cl2N3O4S/c1-15-22(19,20)8-4-2-7(3-5-8)21-12(18)9-10(13)16-6-17-11(9)14/h2-6,15H,1H3. The Balaban J connectivity index is 2.23. The van der Waals surface area contributed by atoms with Crippen LogP contribution in [-0.2, 0) is 10.0 Å². The molecule has 0 bridgehead atoms. The average Bonchev–Trinajstić information content (AvgIpc) is 2.47. The zero-order chi connectivity index (χ0) is 16.3. The molecule has 0 spiro atoms. The van der Waals surface area contributed by atoms with Gasteiger partial charge < -0.3 is 4.74 Å². The molecule has 7 nitrogen and oxygen atoms in total. The number of halogens is 2. The first kappa shape index (κ1) is 16.6. The zero-order valence-electron chi connectivity index (χ0n) is 11.1. The molecule has 116 valence electrons. The summed E-state index contributed by atoms with van der Waals surface area (Å²) in [6, 6.07) is 5.24. The molecule has 1 aromatic heterocycles. The summed E-state index contributed by atoms with van der Waals surface area (Å²) < 4.78 is 30.4. The molecule has 0 saturated carbocycles. The van der Waals surface area contributed by atoms with Crippen LogP contribution in [0.2, 0.25) is 10.3 Å². The van der Waals surface area contributed by atoms with Crippen LogP contribution in [0, 0.1) is 0 Å². The number of sulfonamides is 1. The van der Waals surface area contributed by atoms with Crippen LogP contribution in [0.25, 0.3) is 0 Å². The van der Waals surface area contributed by atoms with E-state index in [1.165, 1.54) is 31.3 Å². The minimum absolute atomic E-state index is 0.0360. The molecule has 0 aliphatic heterocycles. The summed E-state index contributed by atoms with van der Waals surface area (Å²) in [6.07, 6.45) is 1.11. The molecule has 10 heteroatoms. The maximum atomic E-state index is 12.0. The highest BCUT2D eigenvalue weighted by atomic mass is 35.5. The summed E-state index contributed by atoms with van der Waals surface area (Å²) >= 11 is 11.5. The second kappa shape index (κ2) is 6.57. The highest BCUT2D eigenvalue weighted by Crippen LogP contribution is 2.23. The van der Waals surface area contributed by atoms with E-state index in [2.05, 4.69) is 14.7 Å². The van der Waals surface area contributed by atoms with E-state index in [-0.39, 0.29) is 26.5 Å². The van der Waals surface area contributed by atoms with E-state index in [4.69, 9.17) is 27.9 Å². The normalized spacial score (nSPS) is 11.2. The predicted octanol–water partition coefficient (Wildman–Crippen LogP) is 1.91. The molecule has 1 heterocycles. The highest BCUT2D eigenvalue weighted by Gasteiger charge is 2.19. The second-order valence-corrected chi connectivity index (χ2v) is 6.50. The first-order chi connectivity index (χ1) is 10.3. The predicted molar refractivity (Wildman–Crippen MR) is 79.7 cm³/mol. The van der Waals surface area contributed by atoms with Crippen LogP contribution < -0.4 is 9.46 Å². The van der Waals surface area contributed by atoms with Crippen molar-refractivity contribution in [3.8, 4) is 5.75 Å². The fourth-order valence-corrected chi connectivity index (χ4v) is 2.67. The molecule has 1 N–H and O–H groups in total. The lowest BCUT2D eigenvalue weighted by Crippen LogP contribution is -2.18. The molecule has 2 rings (SSSR count). The molecule has 0 fully saturated rings. The van der Waals surface area contributed by atoms with Crippen molar-refractivity contribution in [3.63, 3.8) is 0 Å². The Kier molecular flexibility index (Phi) is 4.97. The van der Waals surface area contributed by atoms with Crippen molar-refractivity contribution in [2.75, 3.05) is 7.05 Å². The SMILES string of the molecule is CNS(=O)(=O)c1ccc(OC(=O)c2c(Cl)ncnc2Cl)cc1. The lowest BCUT2D eigenvalue weighted by atomic mass is 10.3. The maximum absolute atomic E-state index is 12.0. The Morgan fingerprint density at radius 1 is 1.14 bits per heavy atom. The van der Waals surface area contributed by atoms with Gasteiger partial charge in [0.25, 0.3) is 0 Å². The largest absolute Gasteiger partial charge is 0.423 e. The van der Waals surface area contributed by atoms with Crippen molar-refractivity contribution in [1.29, 1.82) is 0 Å². The van der Waals surface area contributed by atoms with Crippen molar-refractivity contribution in [2.24, 2.45) is 0 Å². The van der Waals surface area contributed by atoms with Gasteiger partial charge in [0.15, 0.2) is 0 Å². The minimum atomic E-state index is -3.56. The van der Waals surface area contributed by atoms with Gasteiger partial charge in [-0.25, -0.2) is 27.9 Å². The van der Waals surface area contributed by atoms with Gasteiger partial charge in [-0.2, -0.15) is 0 Å². The van der Waals surface area contributed by atoms with Crippen molar-refractivity contribution in [3.05, 3.63) is 46.5 Å². The molecule has 0 atom stereocenters. The zero-order valence-corrected chi connectivity index (χ0v) is 13.4. The molecule has 22 heavy (non-hydrogen) atoms. The summed E-state index contributed by atoms with van der Waals surface area (Å²) in [5.41, 5.74) is -0.169. The van der Waals surface area contributed by atoms with E-state index < -0.39 is 16.0 Å². The van der Waals surface area contributed by atoms with E-state index >= 15 is 0 Å². The molecule has 0 amide bonds. The molecule has 0 aliphatic carbocycles. The first-order valence-electron chi connectivity index (χ1n) is 5.77. The third-order valence-corrected chi connectivity index (χ3v) is 4.58. The quantitative estimate of drug-likeness (QED) is 0.507. The number of rotatable bonds is 4. The Labute approximate surface area is 136 Å². The number of benzene rings is 1. The van der Waals surface area contributed by atoms with Crippen molar-refractivity contribution in [1.82, 2.24) is 14.7 Å². The van der Waals surface area contributed by atoms with Crippen LogP contribution in [0.5, 0.6) is 5.75 Å². The van der Waals surface area contributed by atoms with E-state index in [9.17, 15) is 13.2 Å². The Hall–Kier alpha value is -1.74. The van der Waals surface area contributed by atoms with Gasteiger partial charge in [-0.1, -0.05) is 23.2 Å². The van der Waals surface area contributed by atoms with Gasteiger partial charge >= 0.3 is 5.97 Å². The van der Waals surface area contributed by atoms with Crippen molar-refractivity contribution >= 4 is 39.2 Å². The van der Waals surface area contributed by atoms with Crippen LogP contribution in [0.4, 0.5) is 0 Å². The van der Waals surface area contributed by atoms with Crippen LogP contribution in [-0.4, -0.2) is 31.4 Å². The van der Waals surface area contributed by atoms with Gasteiger partial charge in [0.2, 0.25) is 10.0 Å². The number of ether oxygens (including phenoxy) is 1. The summed E-state index contributed by atoms with van der Waals surface area (Å²) in [7, 11) is -2.27. The van der Waals surface area contributed by atoms with Gasteiger partial charge in [-0.05, 0) is 31.3 Å². The summed E-state index contributed by atoms with van der Waals surface area (Å²) in [5.74, 6) is -0.726. The van der Waals surface area contributed by atoms with Crippen LogP contribution in [0.3, 0.4) is 0 Å². The van der Waals surface area contributed by atoms with Crippen LogP contribution in [0.1, 0.15) is 10.4 Å². The highest BCUT2D eigenvalue weighted by molar-refractivity contribution is 7.89. The smallest absolute Gasteiger partial charge is 0.349 e. The first-order valence-corrected chi connectivity index (χ1v) is 8.01. The maximum Gasteiger partial charge on any atom is 0.349 e. The Morgan fingerprint density at radius 2 is 1.68 bits per heavy atom. The number of carbonyl (C=O) groups excluding carboxylic acids is 1. The summed E-state index contributed by atoms with van der Waals surface area (Å²) in [4.78, 5) is 19.3. The molecular weight excluding hydrogens is 353 g/mol. The number of hydrogen-bond donors (Lipinski definition) is 1. The summed E-state index contributed by atoms with van der Waals surface area (Å²) in [6.45, 7) is 0. The van der Waals surface area contributed by atoms with Crippen molar-refractivity contribution in [2.45, 2.75) is 4.90 Å². The summed E-state index contributed by atoms with van der Waals surface area (Å²) in [5, 5.41) is -0.279. The number of hydrogen-bond acceptors (Lipinski definition) is 6. The fourth-order valence-electron chi connectivity index (χ4n) is 1.48. The monoisotopic (exact) mass is 361 g/mol. The van der Waals surface area contributed by atoms with E-state index in [1.807, 2.05) is 0 Å². The van der Waals surface area contributed by atoms with E-state index in [0.29, 0.717) is 0 Å². The molecule has 2 aromatic rings. The minimum Gasteiger partial charge on any atom is -0.423 e. The number of esters is 1. The van der Waals surface area contributed by atoms with Gasteiger partial charge in [0.1, 0.15) is 27.9 Å². The molecule has 0 saturated heterocycles. The lowest BCUT2D eigenvalue weighted by Gasteiger charge is -2.07. The number of nitrogens with zero attached hydrogens (tertiary/aromatic N) is 2. The molecule has 0 radical (unpaired) electrons. The van der Waals surface area contributed by atoms with Gasteiger partial charge in [0.05, 0.1) is 4.90 Å². The topological polar surface area (TPSA) is 98.2 Å². The van der Waals surface area contributed by atoms with Gasteiger partial charge in [-0.15, -0.1) is 0 Å². The molecule has 1 aromatic carbocycles. The van der Waals surface area contributed by atoms with E-state index in [1.54, 1.807) is 0 Å². The average molecular weight is 362 g/mol. The van der Waals surface area contributed by atoms with Crippen molar-refractivity contribution < 1.29 is 17.9 Å². The third-order valence-electron chi connectivity index (χ3n) is 2.57. The van der Waals surface area contributed by atoms with Crippen LogP contribution in [0.15, 0.2) is 35.5 Å². The third kappa shape index (κ3) is 3.53. The van der Waals surface area contributed by atoms with E-state index in [0.717, 1.165) is 6.33 Å². The Morgan fingerprint density at radius 3 is 2.18 bits per heavy atom. The van der Waals surface area contributed by atoms with Crippen LogP contribution >= 0.6 is 23.2 Å². The number of nitrogens with one attached hydrogen (secondary N) is 1. The van der Waals surface area contributed by atoms with Gasteiger partial charge in [0, 0.05) is 0 Å². The molecular formula is C12H9Cl2N3O4S. The Bertz CT molecular complexity index is 789. The number of aromatic nitrogens is 2.